The van der Waals surface area contributed by atoms with Gasteiger partial charge in [-0.15, -0.1) is 0 Å². The predicted molar refractivity (Wildman–Crippen MR) is 58.1 cm³/mol. The van der Waals surface area contributed by atoms with E-state index in [9.17, 15) is 9.59 Å². The summed E-state index contributed by atoms with van der Waals surface area (Å²) in [7, 11) is 0. The van der Waals surface area contributed by atoms with Crippen LogP contribution in [0.3, 0.4) is 0 Å². The van der Waals surface area contributed by atoms with Crippen molar-refractivity contribution in [3.63, 3.8) is 0 Å². The summed E-state index contributed by atoms with van der Waals surface area (Å²) in [6.07, 6.45) is 0. The van der Waals surface area contributed by atoms with E-state index in [1.807, 2.05) is 37.3 Å². The Balaban J connectivity index is 2.96. The average Bonchev–Trinajstić information content (AvgIpc) is 2.18. The standard InChI is InChI=1S/C12H15NO2/c1-9(12-7-5-4-6-8-12)13(10(2)14)11(3)15/h4-9H,1-3H3. The zero-order chi connectivity index (χ0) is 11.4. The monoisotopic (exact) mass is 205 g/mol. The number of hydrogen-bond acceptors (Lipinski definition) is 2. The van der Waals surface area contributed by atoms with Crippen molar-refractivity contribution in [3.8, 4) is 0 Å². The SMILES string of the molecule is CC(=O)N(C(C)=O)C(C)c1ccccc1. The Morgan fingerprint density at radius 1 is 1.07 bits per heavy atom. The number of carbonyl (C=O) groups is 2. The summed E-state index contributed by atoms with van der Waals surface area (Å²) in [5, 5.41) is 0. The lowest BCUT2D eigenvalue weighted by atomic mass is 10.1. The molecule has 1 rings (SSSR count). The van der Waals surface area contributed by atoms with Crippen LogP contribution in [-0.2, 0) is 9.59 Å². The van der Waals surface area contributed by atoms with Crippen LogP contribution in [0.4, 0.5) is 0 Å². The number of hydrogen-bond donors (Lipinski definition) is 0. The zero-order valence-electron chi connectivity index (χ0n) is 9.23. The van der Waals surface area contributed by atoms with E-state index in [0.717, 1.165) is 5.56 Å². The van der Waals surface area contributed by atoms with Gasteiger partial charge >= 0.3 is 0 Å². The molecule has 80 valence electrons. The molecule has 0 bridgehead atoms. The van der Waals surface area contributed by atoms with Crippen LogP contribution in [0.15, 0.2) is 30.3 Å². The van der Waals surface area contributed by atoms with Gasteiger partial charge < -0.3 is 0 Å². The van der Waals surface area contributed by atoms with Crippen LogP contribution in [0.5, 0.6) is 0 Å². The third-order valence-corrected chi connectivity index (χ3v) is 2.35. The average molecular weight is 205 g/mol. The molecule has 0 spiro atoms. The van der Waals surface area contributed by atoms with Crippen molar-refractivity contribution >= 4 is 11.8 Å². The number of benzene rings is 1. The summed E-state index contributed by atoms with van der Waals surface area (Å²) in [4.78, 5) is 23.9. The molecule has 15 heavy (non-hydrogen) atoms. The van der Waals surface area contributed by atoms with E-state index in [1.165, 1.54) is 18.7 Å². The topological polar surface area (TPSA) is 37.4 Å². The third-order valence-electron chi connectivity index (χ3n) is 2.35. The minimum Gasteiger partial charge on any atom is -0.276 e. The van der Waals surface area contributed by atoms with Gasteiger partial charge in [-0.25, -0.2) is 0 Å². The van der Waals surface area contributed by atoms with Gasteiger partial charge in [0.2, 0.25) is 11.8 Å². The quantitative estimate of drug-likeness (QED) is 0.741. The predicted octanol–water partition coefficient (Wildman–Crippen LogP) is 2.14. The van der Waals surface area contributed by atoms with E-state index in [0.29, 0.717) is 0 Å². The van der Waals surface area contributed by atoms with E-state index in [1.54, 1.807) is 0 Å². The maximum atomic E-state index is 11.3. The second kappa shape index (κ2) is 4.73. The molecule has 0 N–H and O–H groups in total. The molecule has 0 aliphatic heterocycles. The largest absolute Gasteiger partial charge is 0.276 e. The van der Waals surface area contributed by atoms with Crippen LogP contribution in [0.1, 0.15) is 32.4 Å². The van der Waals surface area contributed by atoms with Crippen LogP contribution in [0.2, 0.25) is 0 Å². The van der Waals surface area contributed by atoms with Gasteiger partial charge in [0, 0.05) is 13.8 Å². The summed E-state index contributed by atoms with van der Waals surface area (Å²) in [5.41, 5.74) is 0.961. The minimum absolute atomic E-state index is 0.207. The molecule has 0 aliphatic carbocycles. The summed E-state index contributed by atoms with van der Waals surface area (Å²) in [6.45, 7) is 4.65. The first-order valence-corrected chi connectivity index (χ1v) is 4.89. The van der Waals surface area contributed by atoms with Crippen molar-refractivity contribution in [2.75, 3.05) is 0 Å². The number of rotatable bonds is 2. The Morgan fingerprint density at radius 3 is 1.93 bits per heavy atom. The van der Waals surface area contributed by atoms with Gasteiger partial charge in [0.15, 0.2) is 0 Å². The first-order valence-electron chi connectivity index (χ1n) is 4.89. The van der Waals surface area contributed by atoms with Crippen LogP contribution in [0, 0.1) is 0 Å². The molecule has 1 aromatic rings. The molecule has 0 aromatic heterocycles. The van der Waals surface area contributed by atoms with Gasteiger partial charge in [-0.2, -0.15) is 0 Å². The van der Waals surface area contributed by atoms with Gasteiger partial charge in [0.1, 0.15) is 0 Å². The summed E-state index contributed by atoms with van der Waals surface area (Å²) >= 11 is 0. The molecule has 2 amide bonds. The van der Waals surface area contributed by atoms with E-state index in [2.05, 4.69) is 0 Å². The summed E-state index contributed by atoms with van der Waals surface area (Å²) in [5.74, 6) is -0.447. The number of nitrogens with zero attached hydrogens (tertiary/aromatic N) is 1. The first-order chi connectivity index (χ1) is 7.04. The summed E-state index contributed by atoms with van der Waals surface area (Å²) in [6, 6.07) is 9.30. The van der Waals surface area contributed by atoms with E-state index in [-0.39, 0.29) is 17.9 Å². The van der Waals surface area contributed by atoms with Crippen LogP contribution in [-0.4, -0.2) is 16.7 Å². The zero-order valence-corrected chi connectivity index (χ0v) is 9.23. The summed E-state index contributed by atoms with van der Waals surface area (Å²) < 4.78 is 0. The molecule has 3 heteroatoms. The van der Waals surface area contributed by atoms with Crippen molar-refractivity contribution in [1.29, 1.82) is 0 Å². The lowest BCUT2D eigenvalue weighted by molar-refractivity contribution is -0.144. The minimum atomic E-state index is -0.223. The van der Waals surface area contributed by atoms with Crippen LogP contribution >= 0.6 is 0 Å². The highest BCUT2D eigenvalue weighted by Gasteiger charge is 2.21. The molecule has 0 radical (unpaired) electrons. The fourth-order valence-electron chi connectivity index (χ4n) is 1.65. The molecular formula is C12H15NO2. The molecule has 0 aliphatic rings. The van der Waals surface area contributed by atoms with Gasteiger partial charge in [-0.3, -0.25) is 14.5 Å². The Kier molecular flexibility index (Phi) is 3.61. The second-order valence-electron chi connectivity index (χ2n) is 3.49. The maximum Gasteiger partial charge on any atom is 0.226 e. The van der Waals surface area contributed by atoms with E-state index >= 15 is 0 Å². The Morgan fingerprint density at radius 2 is 1.53 bits per heavy atom. The molecule has 1 aromatic carbocycles. The van der Waals surface area contributed by atoms with E-state index in [4.69, 9.17) is 0 Å². The fourth-order valence-corrected chi connectivity index (χ4v) is 1.65. The number of carbonyl (C=O) groups excluding carboxylic acids is 2. The second-order valence-corrected chi connectivity index (χ2v) is 3.49. The van der Waals surface area contributed by atoms with Gasteiger partial charge in [-0.05, 0) is 12.5 Å². The highest BCUT2D eigenvalue weighted by atomic mass is 16.2. The van der Waals surface area contributed by atoms with Crippen LogP contribution < -0.4 is 0 Å². The molecule has 3 nitrogen and oxygen atoms in total. The molecule has 0 saturated carbocycles. The van der Waals surface area contributed by atoms with Gasteiger partial charge in [0.25, 0.3) is 0 Å². The molecular weight excluding hydrogens is 190 g/mol. The molecule has 0 fully saturated rings. The third kappa shape index (κ3) is 2.65. The highest BCUT2D eigenvalue weighted by molar-refractivity contribution is 5.93. The maximum absolute atomic E-state index is 11.3. The van der Waals surface area contributed by atoms with Gasteiger partial charge in [-0.1, -0.05) is 30.3 Å². The number of amides is 2. The lowest BCUT2D eigenvalue weighted by Crippen LogP contribution is -2.35. The normalized spacial score (nSPS) is 11.9. The van der Waals surface area contributed by atoms with Crippen LogP contribution in [0.25, 0.3) is 0 Å². The Bertz CT molecular complexity index is 345. The number of imide groups is 1. The van der Waals surface area contributed by atoms with Crippen molar-refractivity contribution in [3.05, 3.63) is 35.9 Å². The fraction of sp³-hybridized carbons (Fsp3) is 0.333. The van der Waals surface area contributed by atoms with Gasteiger partial charge in [0.05, 0.1) is 6.04 Å². The smallest absolute Gasteiger partial charge is 0.226 e. The van der Waals surface area contributed by atoms with Crippen molar-refractivity contribution in [1.82, 2.24) is 4.90 Å². The van der Waals surface area contributed by atoms with Crippen molar-refractivity contribution < 1.29 is 9.59 Å². The van der Waals surface area contributed by atoms with Crippen molar-refractivity contribution in [2.24, 2.45) is 0 Å². The van der Waals surface area contributed by atoms with E-state index < -0.39 is 0 Å². The lowest BCUT2D eigenvalue weighted by Gasteiger charge is -2.25. The Hall–Kier alpha value is -1.64. The molecule has 1 unspecified atom stereocenters. The molecule has 1 atom stereocenters. The first kappa shape index (κ1) is 11.4. The van der Waals surface area contributed by atoms with Crippen molar-refractivity contribution in [2.45, 2.75) is 26.8 Å². The Labute approximate surface area is 89.7 Å². The molecule has 0 saturated heterocycles. The molecule has 0 heterocycles. The highest BCUT2D eigenvalue weighted by Crippen LogP contribution is 2.19.